The average molecular weight is 229 g/mol. The zero-order valence-electron chi connectivity index (χ0n) is 9.25. The number of carbonyl (C=O) groups excluding carboxylic acids is 1. The summed E-state index contributed by atoms with van der Waals surface area (Å²) in [5.41, 5.74) is 3.56. The van der Waals surface area contributed by atoms with Crippen molar-refractivity contribution in [3.05, 3.63) is 53.7 Å². The van der Waals surface area contributed by atoms with Crippen molar-refractivity contribution in [3.8, 4) is 0 Å². The molecule has 1 N–H and O–H groups in total. The fourth-order valence-corrected chi connectivity index (χ4v) is 1.29. The van der Waals surface area contributed by atoms with E-state index in [1.807, 2.05) is 12.1 Å². The average Bonchev–Trinajstić information content (AvgIpc) is 2.77. The van der Waals surface area contributed by atoms with Gasteiger partial charge in [-0.05, 0) is 25.1 Å². The van der Waals surface area contributed by atoms with Crippen LogP contribution < -0.4 is 5.43 Å². The van der Waals surface area contributed by atoms with Crippen molar-refractivity contribution in [1.82, 2.24) is 10.4 Å². The predicted molar refractivity (Wildman–Crippen MR) is 62.7 cm³/mol. The molecule has 0 bridgehead atoms. The van der Waals surface area contributed by atoms with Gasteiger partial charge in [0.05, 0.1) is 23.7 Å². The summed E-state index contributed by atoms with van der Waals surface area (Å²) < 4.78 is 5.03. The molecular formula is C12H11N3O2. The highest BCUT2D eigenvalue weighted by atomic mass is 16.3. The number of carbonyl (C=O) groups is 1. The van der Waals surface area contributed by atoms with Gasteiger partial charge in [0.2, 0.25) is 0 Å². The standard InChI is InChI=1S/C12H11N3O2/c1-9-11(5-7-17-9)12(16)15-14-8-10-4-2-3-6-13-10/h2-8H,1H3,(H,15,16)/b14-8-. The number of hydrogen-bond acceptors (Lipinski definition) is 4. The van der Waals surface area contributed by atoms with Gasteiger partial charge in [-0.2, -0.15) is 5.10 Å². The van der Waals surface area contributed by atoms with Crippen LogP contribution in [0, 0.1) is 6.92 Å². The molecule has 5 nitrogen and oxygen atoms in total. The van der Waals surface area contributed by atoms with Gasteiger partial charge >= 0.3 is 0 Å². The SMILES string of the molecule is Cc1occc1C(=O)N/N=C\c1ccccn1. The Kier molecular flexibility index (Phi) is 3.30. The summed E-state index contributed by atoms with van der Waals surface area (Å²) >= 11 is 0. The topological polar surface area (TPSA) is 67.5 Å². The van der Waals surface area contributed by atoms with E-state index < -0.39 is 0 Å². The lowest BCUT2D eigenvalue weighted by Gasteiger charge is -1.96. The van der Waals surface area contributed by atoms with E-state index in [0.717, 1.165) is 0 Å². The number of rotatable bonds is 3. The first kappa shape index (κ1) is 11.1. The Morgan fingerprint density at radius 3 is 3.00 bits per heavy atom. The molecule has 0 aliphatic rings. The lowest BCUT2D eigenvalue weighted by molar-refractivity contribution is 0.0953. The Hall–Kier alpha value is -2.43. The van der Waals surface area contributed by atoms with E-state index in [-0.39, 0.29) is 5.91 Å². The number of hydrogen-bond donors (Lipinski definition) is 1. The Morgan fingerprint density at radius 1 is 1.47 bits per heavy atom. The molecule has 0 spiro atoms. The summed E-state index contributed by atoms with van der Waals surface area (Å²) in [4.78, 5) is 15.6. The van der Waals surface area contributed by atoms with Crippen molar-refractivity contribution in [3.63, 3.8) is 0 Å². The van der Waals surface area contributed by atoms with E-state index in [9.17, 15) is 4.79 Å². The monoisotopic (exact) mass is 229 g/mol. The van der Waals surface area contributed by atoms with Crippen molar-refractivity contribution in [2.24, 2.45) is 5.10 Å². The van der Waals surface area contributed by atoms with E-state index in [0.29, 0.717) is 17.0 Å². The molecule has 0 unspecified atom stereocenters. The molecule has 17 heavy (non-hydrogen) atoms. The Morgan fingerprint density at radius 2 is 2.35 bits per heavy atom. The number of aryl methyl sites for hydroxylation is 1. The molecule has 0 fully saturated rings. The van der Waals surface area contributed by atoms with Crippen LogP contribution in [0.2, 0.25) is 0 Å². The third-order valence-electron chi connectivity index (χ3n) is 2.15. The molecular weight excluding hydrogens is 218 g/mol. The number of aromatic nitrogens is 1. The van der Waals surface area contributed by atoms with Gasteiger partial charge in [0, 0.05) is 6.20 Å². The third kappa shape index (κ3) is 2.78. The minimum Gasteiger partial charge on any atom is -0.469 e. The Labute approximate surface area is 98.2 Å². The van der Waals surface area contributed by atoms with Crippen LogP contribution in [0.4, 0.5) is 0 Å². The van der Waals surface area contributed by atoms with Gasteiger partial charge in [0.15, 0.2) is 0 Å². The minimum atomic E-state index is -0.302. The summed E-state index contributed by atoms with van der Waals surface area (Å²) in [5, 5.41) is 3.81. The second-order valence-corrected chi connectivity index (χ2v) is 3.34. The molecule has 0 radical (unpaired) electrons. The van der Waals surface area contributed by atoms with Gasteiger partial charge in [0.1, 0.15) is 5.76 Å². The van der Waals surface area contributed by atoms with Crippen LogP contribution in [0.1, 0.15) is 21.8 Å². The smallest absolute Gasteiger partial charge is 0.274 e. The number of nitrogens with one attached hydrogen (secondary N) is 1. The lowest BCUT2D eigenvalue weighted by Crippen LogP contribution is -2.17. The number of amides is 1. The molecule has 0 aromatic carbocycles. The van der Waals surface area contributed by atoms with Gasteiger partial charge in [-0.1, -0.05) is 6.07 Å². The molecule has 5 heteroatoms. The van der Waals surface area contributed by atoms with Crippen LogP contribution in [0.25, 0.3) is 0 Å². The van der Waals surface area contributed by atoms with Crippen molar-refractivity contribution < 1.29 is 9.21 Å². The molecule has 0 aliphatic carbocycles. The quantitative estimate of drug-likeness (QED) is 0.644. The lowest BCUT2D eigenvalue weighted by atomic mass is 10.2. The molecule has 0 saturated carbocycles. The van der Waals surface area contributed by atoms with Gasteiger partial charge in [0.25, 0.3) is 5.91 Å². The molecule has 2 aromatic heterocycles. The van der Waals surface area contributed by atoms with Gasteiger partial charge in [-0.25, -0.2) is 5.43 Å². The number of nitrogens with zero attached hydrogens (tertiary/aromatic N) is 2. The van der Waals surface area contributed by atoms with E-state index in [1.54, 1.807) is 25.3 Å². The first-order chi connectivity index (χ1) is 8.27. The number of hydrazone groups is 1. The van der Waals surface area contributed by atoms with Gasteiger partial charge < -0.3 is 4.42 Å². The first-order valence-electron chi connectivity index (χ1n) is 5.06. The minimum absolute atomic E-state index is 0.302. The Balaban J connectivity index is 1.98. The Bertz CT molecular complexity index is 532. The van der Waals surface area contributed by atoms with Crippen LogP contribution in [0.3, 0.4) is 0 Å². The second-order valence-electron chi connectivity index (χ2n) is 3.34. The summed E-state index contributed by atoms with van der Waals surface area (Å²) in [6.45, 7) is 1.72. The highest BCUT2D eigenvalue weighted by Gasteiger charge is 2.09. The first-order valence-corrected chi connectivity index (χ1v) is 5.06. The summed E-state index contributed by atoms with van der Waals surface area (Å²) in [5.74, 6) is 0.263. The normalized spacial score (nSPS) is 10.6. The van der Waals surface area contributed by atoms with E-state index >= 15 is 0 Å². The zero-order chi connectivity index (χ0) is 12.1. The highest BCUT2D eigenvalue weighted by molar-refractivity contribution is 5.95. The van der Waals surface area contributed by atoms with E-state index in [4.69, 9.17) is 4.42 Å². The van der Waals surface area contributed by atoms with Gasteiger partial charge in [-0.3, -0.25) is 9.78 Å². The highest BCUT2D eigenvalue weighted by Crippen LogP contribution is 2.07. The van der Waals surface area contributed by atoms with Crippen molar-refractivity contribution in [2.75, 3.05) is 0 Å². The largest absolute Gasteiger partial charge is 0.469 e. The predicted octanol–water partition coefficient (Wildman–Crippen LogP) is 1.75. The fourth-order valence-electron chi connectivity index (χ4n) is 1.29. The van der Waals surface area contributed by atoms with Crippen LogP contribution in [-0.4, -0.2) is 17.1 Å². The molecule has 86 valence electrons. The molecule has 2 rings (SSSR count). The molecule has 0 saturated heterocycles. The number of pyridine rings is 1. The van der Waals surface area contributed by atoms with E-state index in [2.05, 4.69) is 15.5 Å². The maximum Gasteiger partial charge on any atom is 0.274 e. The molecule has 2 aromatic rings. The second kappa shape index (κ2) is 5.07. The molecule has 1 amide bonds. The molecule has 0 aliphatic heterocycles. The third-order valence-corrected chi connectivity index (χ3v) is 2.15. The van der Waals surface area contributed by atoms with Gasteiger partial charge in [-0.15, -0.1) is 0 Å². The summed E-state index contributed by atoms with van der Waals surface area (Å²) in [7, 11) is 0. The van der Waals surface area contributed by atoms with Crippen molar-refractivity contribution in [1.29, 1.82) is 0 Å². The summed E-state index contributed by atoms with van der Waals surface area (Å²) in [6.07, 6.45) is 4.60. The maximum absolute atomic E-state index is 11.6. The molecule has 0 atom stereocenters. The van der Waals surface area contributed by atoms with E-state index in [1.165, 1.54) is 12.5 Å². The fraction of sp³-hybridized carbons (Fsp3) is 0.0833. The van der Waals surface area contributed by atoms with Crippen molar-refractivity contribution >= 4 is 12.1 Å². The zero-order valence-corrected chi connectivity index (χ0v) is 9.25. The number of furan rings is 1. The van der Waals surface area contributed by atoms with Crippen molar-refractivity contribution in [2.45, 2.75) is 6.92 Å². The van der Waals surface area contributed by atoms with Crippen LogP contribution >= 0.6 is 0 Å². The summed E-state index contributed by atoms with van der Waals surface area (Å²) in [6, 6.07) is 7.04. The maximum atomic E-state index is 11.6. The van der Waals surface area contributed by atoms with Crippen LogP contribution in [0.5, 0.6) is 0 Å². The van der Waals surface area contributed by atoms with Crippen LogP contribution in [-0.2, 0) is 0 Å². The van der Waals surface area contributed by atoms with Crippen LogP contribution in [0.15, 0.2) is 46.2 Å². The molecule has 2 heterocycles.